The first-order valence-electron chi connectivity index (χ1n) is 7.91. The lowest BCUT2D eigenvalue weighted by Gasteiger charge is -2.42. The van der Waals surface area contributed by atoms with Gasteiger partial charge in [-0.2, -0.15) is 5.26 Å². The second-order valence-corrected chi connectivity index (χ2v) is 6.15. The first kappa shape index (κ1) is 15.4. The Morgan fingerprint density at radius 1 is 1.13 bits per heavy atom. The SMILES string of the molecule is Cc1cccc(N)c1C1CN(c2ccccc2C#N)CCN1C. The molecule has 0 bridgehead atoms. The minimum Gasteiger partial charge on any atom is -0.398 e. The van der Waals surface area contributed by atoms with Crippen LogP contribution in [-0.4, -0.2) is 31.6 Å². The van der Waals surface area contributed by atoms with E-state index < -0.39 is 0 Å². The summed E-state index contributed by atoms with van der Waals surface area (Å²) >= 11 is 0. The van der Waals surface area contributed by atoms with Crippen LogP contribution in [0.1, 0.15) is 22.7 Å². The number of nitrogens with zero attached hydrogens (tertiary/aromatic N) is 3. The van der Waals surface area contributed by atoms with Gasteiger partial charge >= 0.3 is 0 Å². The van der Waals surface area contributed by atoms with Crippen molar-refractivity contribution in [3.05, 3.63) is 59.2 Å². The fourth-order valence-corrected chi connectivity index (χ4v) is 3.41. The second-order valence-electron chi connectivity index (χ2n) is 6.15. The molecule has 2 aromatic rings. The molecule has 3 rings (SSSR count). The molecule has 1 atom stereocenters. The van der Waals surface area contributed by atoms with Gasteiger partial charge in [-0.15, -0.1) is 0 Å². The summed E-state index contributed by atoms with van der Waals surface area (Å²) in [5.74, 6) is 0. The van der Waals surface area contributed by atoms with Crippen LogP contribution in [0, 0.1) is 18.3 Å². The number of aryl methyl sites for hydroxylation is 1. The third kappa shape index (κ3) is 2.88. The van der Waals surface area contributed by atoms with Gasteiger partial charge in [0.1, 0.15) is 6.07 Å². The molecule has 1 saturated heterocycles. The molecule has 2 aromatic carbocycles. The van der Waals surface area contributed by atoms with Crippen molar-refractivity contribution < 1.29 is 0 Å². The van der Waals surface area contributed by atoms with Gasteiger partial charge in [-0.3, -0.25) is 4.90 Å². The smallest absolute Gasteiger partial charge is 0.101 e. The number of para-hydroxylation sites is 1. The number of benzene rings is 2. The van der Waals surface area contributed by atoms with Crippen LogP contribution in [0.2, 0.25) is 0 Å². The molecule has 4 heteroatoms. The zero-order chi connectivity index (χ0) is 16.4. The van der Waals surface area contributed by atoms with E-state index in [0.717, 1.165) is 36.6 Å². The second kappa shape index (κ2) is 6.31. The summed E-state index contributed by atoms with van der Waals surface area (Å²) in [6, 6.07) is 16.4. The largest absolute Gasteiger partial charge is 0.398 e. The first-order valence-corrected chi connectivity index (χ1v) is 7.91. The Bertz CT molecular complexity index is 727. The van der Waals surface area contributed by atoms with Crippen LogP contribution in [0.3, 0.4) is 0 Å². The lowest BCUT2D eigenvalue weighted by molar-refractivity contribution is 0.221. The molecule has 1 aliphatic heterocycles. The minimum atomic E-state index is 0.233. The molecule has 1 heterocycles. The molecular weight excluding hydrogens is 284 g/mol. The minimum absolute atomic E-state index is 0.233. The lowest BCUT2D eigenvalue weighted by atomic mass is 9.95. The van der Waals surface area contributed by atoms with E-state index in [1.54, 1.807) is 0 Å². The Morgan fingerprint density at radius 3 is 2.65 bits per heavy atom. The number of piperazine rings is 1. The zero-order valence-electron chi connectivity index (χ0n) is 13.7. The van der Waals surface area contributed by atoms with Gasteiger partial charge in [0.2, 0.25) is 0 Å². The molecule has 1 fully saturated rings. The fraction of sp³-hybridized carbons (Fsp3) is 0.316. The van der Waals surface area contributed by atoms with Crippen molar-refractivity contribution in [1.82, 2.24) is 4.90 Å². The van der Waals surface area contributed by atoms with E-state index in [9.17, 15) is 5.26 Å². The molecule has 0 spiro atoms. The molecule has 1 unspecified atom stereocenters. The maximum absolute atomic E-state index is 9.37. The average Bonchev–Trinajstić information content (AvgIpc) is 2.56. The Labute approximate surface area is 137 Å². The quantitative estimate of drug-likeness (QED) is 0.867. The number of nitriles is 1. The van der Waals surface area contributed by atoms with Gasteiger partial charge < -0.3 is 10.6 Å². The summed E-state index contributed by atoms with van der Waals surface area (Å²) in [6.45, 7) is 4.81. The van der Waals surface area contributed by atoms with Crippen molar-refractivity contribution in [2.24, 2.45) is 0 Å². The molecule has 118 valence electrons. The Balaban J connectivity index is 1.96. The molecule has 0 radical (unpaired) electrons. The van der Waals surface area contributed by atoms with Crippen LogP contribution < -0.4 is 10.6 Å². The highest BCUT2D eigenvalue weighted by atomic mass is 15.3. The van der Waals surface area contributed by atoms with Gasteiger partial charge in [-0.1, -0.05) is 24.3 Å². The number of nitrogen functional groups attached to an aromatic ring is 1. The molecule has 0 saturated carbocycles. The Hall–Kier alpha value is -2.51. The van der Waals surface area contributed by atoms with Crippen LogP contribution in [0.25, 0.3) is 0 Å². The highest BCUT2D eigenvalue weighted by Gasteiger charge is 2.29. The number of likely N-dealkylation sites (N-methyl/N-ethyl adjacent to an activating group) is 1. The number of nitrogens with two attached hydrogens (primary N) is 1. The fourth-order valence-electron chi connectivity index (χ4n) is 3.41. The number of hydrogen-bond acceptors (Lipinski definition) is 4. The lowest BCUT2D eigenvalue weighted by Crippen LogP contribution is -2.47. The molecule has 0 aliphatic carbocycles. The summed E-state index contributed by atoms with van der Waals surface area (Å²) in [7, 11) is 2.14. The van der Waals surface area contributed by atoms with E-state index >= 15 is 0 Å². The number of rotatable bonds is 2. The maximum Gasteiger partial charge on any atom is 0.101 e. The Morgan fingerprint density at radius 2 is 1.91 bits per heavy atom. The van der Waals surface area contributed by atoms with Crippen molar-refractivity contribution in [2.75, 3.05) is 37.3 Å². The van der Waals surface area contributed by atoms with Gasteiger partial charge in [0.15, 0.2) is 0 Å². The predicted octanol–water partition coefficient (Wildman–Crippen LogP) is 2.94. The third-order valence-corrected chi connectivity index (χ3v) is 4.70. The van der Waals surface area contributed by atoms with E-state index in [1.807, 2.05) is 36.4 Å². The standard InChI is InChI=1S/C19H22N4/c1-14-6-5-8-16(21)19(14)18-13-23(11-10-22(18)2)17-9-4-3-7-15(17)12-20/h3-9,18H,10-11,13,21H2,1-2H3. The topological polar surface area (TPSA) is 56.3 Å². The van der Waals surface area contributed by atoms with Crippen LogP contribution >= 0.6 is 0 Å². The van der Waals surface area contributed by atoms with Gasteiger partial charge in [-0.25, -0.2) is 0 Å². The molecule has 4 nitrogen and oxygen atoms in total. The zero-order valence-corrected chi connectivity index (χ0v) is 13.7. The van der Waals surface area contributed by atoms with Crippen molar-refractivity contribution in [3.8, 4) is 6.07 Å². The van der Waals surface area contributed by atoms with Crippen LogP contribution in [0.5, 0.6) is 0 Å². The molecule has 0 aromatic heterocycles. The summed E-state index contributed by atoms with van der Waals surface area (Å²) in [4.78, 5) is 4.65. The van der Waals surface area contributed by atoms with Crippen LogP contribution in [-0.2, 0) is 0 Å². The van der Waals surface area contributed by atoms with Crippen molar-refractivity contribution in [3.63, 3.8) is 0 Å². The first-order chi connectivity index (χ1) is 11.1. The molecule has 23 heavy (non-hydrogen) atoms. The highest BCUT2D eigenvalue weighted by molar-refractivity contribution is 5.60. The molecule has 1 aliphatic rings. The van der Waals surface area contributed by atoms with Gasteiger partial charge in [0.05, 0.1) is 17.3 Å². The van der Waals surface area contributed by atoms with E-state index in [-0.39, 0.29) is 6.04 Å². The van der Waals surface area contributed by atoms with E-state index in [4.69, 9.17) is 5.73 Å². The normalized spacial score (nSPS) is 18.7. The van der Waals surface area contributed by atoms with E-state index in [2.05, 4.69) is 35.9 Å². The summed E-state index contributed by atoms with van der Waals surface area (Å²) in [5, 5.41) is 9.37. The van der Waals surface area contributed by atoms with Crippen LogP contribution in [0.4, 0.5) is 11.4 Å². The van der Waals surface area contributed by atoms with Gasteiger partial charge in [-0.05, 0) is 43.3 Å². The van der Waals surface area contributed by atoms with E-state index in [0.29, 0.717) is 0 Å². The van der Waals surface area contributed by atoms with Crippen molar-refractivity contribution in [1.29, 1.82) is 5.26 Å². The summed E-state index contributed by atoms with van der Waals surface area (Å²) in [5.41, 5.74) is 11.3. The number of hydrogen-bond donors (Lipinski definition) is 1. The van der Waals surface area contributed by atoms with Crippen molar-refractivity contribution in [2.45, 2.75) is 13.0 Å². The molecule has 2 N–H and O–H groups in total. The molecular formula is C19H22N4. The maximum atomic E-state index is 9.37. The summed E-state index contributed by atoms with van der Waals surface area (Å²) in [6.07, 6.45) is 0. The highest BCUT2D eigenvalue weighted by Crippen LogP contribution is 2.33. The van der Waals surface area contributed by atoms with Crippen LogP contribution in [0.15, 0.2) is 42.5 Å². The third-order valence-electron chi connectivity index (χ3n) is 4.70. The van der Waals surface area contributed by atoms with Crippen molar-refractivity contribution >= 4 is 11.4 Å². The monoisotopic (exact) mass is 306 g/mol. The average molecular weight is 306 g/mol. The molecule has 0 amide bonds. The predicted molar refractivity (Wildman–Crippen MR) is 94.3 cm³/mol. The summed E-state index contributed by atoms with van der Waals surface area (Å²) < 4.78 is 0. The Kier molecular flexibility index (Phi) is 4.22. The van der Waals surface area contributed by atoms with E-state index in [1.165, 1.54) is 11.1 Å². The van der Waals surface area contributed by atoms with Gasteiger partial charge in [0, 0.05) is 25.3 Å². The van der Waals surface area contributed by atoms with Gasteiger partial charge in [0.25, 0.3) is 0 Å². The number of anilines is 2.